The van der Waals surface area contributed by atoms with E-state index in [1.54, 1.807) is 0 Å². The molecule has 0 bridgehead atoms. The summed E-state index contributed by atoms with van der Waals surface area (Å²) in [6.07, 6.45) is 13.3. The van der Waals surface area contributed by atoms with Crippen molar-refractivity contribution in [2.24, 2.45) is 13.0 Å². The van der Waals surface area contributed by atoms with E-state index in [-0.39, 0.29) is 0 Å². The van der Waals surface area contributed by atoms with Gasteiger partial charge in [-0.25, -0.2) is 4.98 Å². The van der Waals surface area contributed by atoms with E-state index < -0.39 is 0 Å². The van der Waals surface area contributed by atoms with Crippen LogP contribution in [0.5, 0.6) is 0 Å². The van der Waals surface area contributed by atoms with Crippen molar-refractivity contribution < 1.29 is 4.74 Å². The molecule has 2 aliphatic heterocycles. The van der Waals surface area contributed by atoms with Crippen LogP contribution in [0, 0.1) is 5.92 Å². The van der Waals surface area contributed by atoms with E-state index in [2.05, 4.69) is 27.7 Å². The maximum absolute atomic E-state index is 5.44. The van der Waals surface area contributed by atoms with E-state index in [1.807, 2.05) is 6.20 Å². The van der Waals surface area contributed by atoms with E-state index in [9.17, 15) is 0 Å². The molecule has 0 aromatic carbocycles. The number of aromatic nitrogens is 2. The lowest BCUT2D eigenvalue weighted by molar-refractivity contribution is 0.0627. The monoisotopic (exact) mass is 305 g/mol. The molecule has 0 radical (unpaired) electrons. The summed E-state index contributed by atoms with van der Waals surface area (Å²) in [6.45, 7) is 5.72. The molecule has 1 atom stereocenters. The quantitative estimate of drug-likeness (QED) is 0.756. The Bertz CT molecular complexity index is 439. The van der Waals surface area contributed by atoms with Crippen molar-refractivity contribution in [1.29, 1.82) is 0 Å². The zero-order valence-corrected chi connectivity index (χ0v) is 14.0. The molecule has 4 nitrogen and oxygen atoms in total. The largest absolute Gasteiger partial charge is 0.381 e. The van der Waals surface area contributed by atoms with Crippen LogP contribution in [0.15, 0.2) is 12.4 Å². The first kappa shape index (κ1) is 16.0. The third-order valence-electron chi connectivity index (χ3n) is 5.41. The third kappa shape index (κ3) is 4.32. The van der Waals surface area contributed by atoms with Crippen LogP contribution >= 0.6 is 0 Å². The molecule has 3 heterocycles. The van der Waals surface area contributed by atoms with Crippen LogP contribution in [-0.2, 0) is 11.8 Å². The average Bonchev–Trinajstić information content (AvgIpc) is 2.99. The smallest absolute Gasteiger partial charge is 0.112 e. The van der Waals surface area contributed by atoms with Crippen LogP contribution in [-0.4, -0.2) is 47.3 Å². The Balaban J connectivity index is 1.36. The van der Waals surface area contributed by atoms with Crippen LogP contribution in [0.4, 0.5) is 0 Å². The first-order chi connectivity index (χ1) is 10.8. The molecule has 0 unspecified atom stereocenters. The third-order valence-corrected chi connectivity index (χ3v) is 5.41. The summed E-state index contributed by atoms with van der Waals surface area (Å²) in [5, 5.41) is 0. The number of ether oxygens (including phenoxy) is 1. The normalized spacial score (nSPS) is 24.7. The maximum Gasteiger partial charge on any atom is 0.112 e. The summed E-state index contributed by atoms with van der Waals surface area (Å²) >= 11 is 0. The Hall–Kier alpha value is -0.870. The van der Waals surface area contributed by atoms with E-state index in [0.29, 0.717) is 5.92 Å². The van der Waals surface area contributed by atoms with Gasteiger partial charge in [0.2, 0.25) is 0 Å². The van der Waals surface area contributed by atoms with Crippen LogP contribution in [0.2, 0.25) is 0 Å². The molecule has 22 heavy (non-hydrogen) atoms. The number of likely N-dealkylation sites (tertiary alicyclic amines) is 1. The molecule has 1 aromatic rings. The molecule has 2 fully saturated rings. The fourth-order valence-electron chi connectivity index (χ4n) is 4.04. The molecule has 0 saturated carbocycles. The summed E-state index contributed by atoms with van der Waals surface area (Å²) < 4.78 is 7.64. The highest BCUT2D eigenvalue weighted by Gasteiger charge is 2.23. The number of hydrogen-bond donors (Lipinski definition) is 0. The Morgan fingerprint density at radius 2 is 2.09 bits per heavy atom. The second-order valence-corrected chi connectivity index (χ2v) is 7.09. The van der Waals surface area contributed by atoms with E-state index in [1.165, 1.54) is 70.4 Å². The number of unbranched alkanes of at least 4 members (excludes halogenated alkanes) is 1. The second-order valence-electron chi connectivity index (χ2n) is 7.09. The number of piperidine rings is 1. The van der Waals surface area contributed by atoms with Crippen molar-refractivity contribution in [2.45, 2.75) is 50.9 Å². The molecule has 4 heteroatoms. The molecule has 3 rings (SSSR count). The van der Waals surface area contributed by atoms with Gasteiger partial charge < -0.3 is 14.2 Å². The molecule has 0 amide bonds. The lowest BCUT2D eigenvalue weighted by Crippen LogP contribution is -2.36. The van der Waals surface area contributed by atoms with Crippen molar-refractivity contribution in [3.05, 3.63) is 18.2 Å². The van der Waals surface area contributed by atoms with Crippen molar-refractivity contribution in [1.82, 2.24) is 14.5 Å². The summed E-state index contributed by atoms with van der Waals surface area (Å²) in [5.41, 5.74) is 0. The number of nitrogens with zero attached hydrogens (tertiary/aromatic N) is 3. The van der Waals surface area contributed by atoms with E-state index >= 15 is 0 Å². The topological polar surface area (TPSA) is 30.3 Å². The summed E-state index contributed by atoms with van der Waals surface area (Å²) in [6, 6.07) is 0. The minimum absolute atomic E-state index is 0.629. The average molecular weight is 305 g/mol. The van der Waals surface area contributed by atoms with Gasteiger partial charge in [-0.1, -0.05) is 12.8 Å². The van der Waals surface area contributed by atoms with Gasteiger partial charge in [0.1, 0.15) is 5.82 Å². The fourth-order valence-corrected chi connectivity index (χ4v) is 4.04. The van der Waals surface area contributed by atoms with Gasteiger partial charge in [-0.3, -0.25) is 0 Å². The molecule has 0 spiro atoms. The van der Waals surface area contributed by atoms with Crippen molar-refractivity contribution in [3.63, 3.8) is 0 Å². The van der Waals surface area contributed by atoms with Gasteiger partial charge in [0, 0.05) is 45.1 Å². The summed E-state index contributed by atoms with van der Waals surface area (Å²) in [7, 11) is 2.12. The first-order valence-corrected chi connectivity index (χ1v) is 9.10. The Labute approximate surface area is 134 Å². The minimum atomic E-state index is 0.629. The van der Waals surface area contributed by atoms with Gasteiger partial charge in [0.25, 0.3) is 0 Å². The summed E-state index contributed by atoms with van der Waals surface area (Å²) in [5.74, 6) is 2.83. The molecular weight excluding hydrogens is 274 g/mol. The lowest BCUT2D eigenvalue weighted by Gasteiger charge is -2.32. The number of imidazole rings is 1. The minimum Gasteiger partial charge on any atom is -0.381 e. The van der Waals surface area contributed by atoms with Gasteiger partial charge in [0.05, 0.1) is 0 Å². The van der Waals surface area contributed by atoms with E-state index in [0.717, 1.165) is 19.1 Å². The Morgan fingerprint density at radius 3 is 2.86 bits per heavy atom. The molecular formula is C18H31N3O. The SMILES string of the molecule is Cn1ccnc1[C@H]1CCCN(CCCCC2CCOCC2)C1. The van der Waals surface area contributed by atoms with Crippen molar-refractivity contribution >= 4 is 0 Å². The Kier molecular flexibility index (Phi) is 5.90. The molecule has 0 N–H and O–H groups in total. The number of hydrogen-bond acceptors (Lipinski definition) is 3. The molecule has 0 aliphatic carbocycles. The predicted molar refractivity (Wildman–Crippen MR) is 89.0 cm³/mol. The van der Waals surface area contributed by atoms with Gasteiger partial charge in [0.15, 0.2) is 0 Å². The van der Waals surface area contributed by atoms with Crippen molar-refractivity contribution in [2.75, 3.05) is 32.8 Å². The zero-order chi connectivity index (χ0) is 15.2. The fraction of sp³-hybridized carbons (Fsp3) is 0.833. The summed E-state index contributed by atoms with van der Waals surface area (Å²) in [4.78, 5) is 7.22. The van der Waals surface area contributed by atoms with Crippen LogP contribution in [0.3, 0.4) is 0 Å². The van der Waals surface area contributed by atoms with Crippen molar-refractivity contribution in [3.8, 4) is 0 Å². The molecule has 2 saturated heterocycles. The molecule has 124 valence electrons. The highest BCUT2D eigenvalue weighted by Crippen LogP contribution is 2.26. The van der Waals surface area contributed by atoms with Gasteiger partial charge >= 0.3 is 0 Å². The number of rotatable bonds is 6. The van der Waals surface area contributed by atoms with Crippen LogP contribution in [0.1, 0.15) is 56.7 Å². The second kappa shape index (κ2) is 8.11. The van der Waals surface area contributed by atoms with Crippen LogP contribution in [0.25, 0.3) is 0 Å². The van der Waals surface area contributed by atoms with Gasteiger partial charge in [-0.2, -0.15) is 0 Å². The Morgan fingerprint density at radius 1 is 1.23 bits per heavy atom. The first-order valence-electron chi connectivity index (χ1n) is 9.10. The molecule has 2 aliphatic rings. The highest BCUT2D eigenvalue weighted by molar-refractivity contribution is 5.02. The van der Waals surface area contributed by atoms with Gasteiger partial charge in [-0.05, 0) is 51.1 Å². The van der Waals surface area contributed by atoms with E-state index in [4.69, 9.17) is 4.74 Å². The maximum atomic E-state index is 5.44. The number of aryl methyl sites for hydroxylation is 1. The van der Waals surface area contributed by atoms with Crippen LogP contribution < -0.4 is 0 Å². The predicted octanol–water partition coefficient (Wildman–Crippen LogP) is 3.20. The lowest BCUT2D eigenvalue weighted by atomic mass is 9.93. The zero-order valence-electron chi connectivity index (χ0n) is 14.0. The molecule has 1 aromatic heterocycles. The highest BCUT2D eigenvalue weighted by atomic mass is 16.5. The standard InChI is InChI=1S/C18H31N3O/c1-20-12-9-19-18(20)17-6-4-11-21(15-17)10-3-2-5-16-7-13-22-14-8-16/h9,12,16-17H,2-8,10-11,13-15H2,1H3/t17-/m0/s1. The van der Waals surface area contributed by atoms with Gasteiger partial charge in [-0.15, -0.1) is 0 Å².